The van der Waals surface area contributed by atoms with Crippen molar-refractivity contribution < 1.29 is 4.79 Å². The van der Waals surface area contributed by atoms with Gasteiger partial charge in [-0.3, -0.25) is 4.79 Å². The maximum atomic E-state index is 11.6. The summed E-state index contributed by atoms with van der Waals surface area (Å²) < 4.78 is 0. The van der Waals surface area contributed by atoms with Crippen molar-refractivity contribution in [1.29, 1.82) is 0 Å². The van der Waals surface area contributed by atoms with Crippen LogP contribution in [0.15, 0.2) is 30.5 Å². The number of thiazole rings is 1. The molecule has 0 saturated heterocycles. The third kappa shape index (κ3) is 2.40. The molecule has 1 aromatic heterocycles. The summed E-state index contributed by atoms with van der Waals surface area (Å²) in [6.45, 7) is 0. The fourth-order valence-corrected chi connectivity index (χ4v) is 2.82. The number of carbonyl (C=O) groups is 1. The first-order valence-corrected chi connectivity index (χ1v) is 6.95. The van der Waals surface area contributed by atoms with Crippen LogP contribution in [0.4, 0.5) is 5.13 Å². The first-order chi connectivity index (χ1) is 8.74. The summed E-state index contributed by atoms with van der Waals surface area (Å²) in [5.41, 5.74) is 0.948. The van der Waals surface area contributed by atoms with E-state index >= 15 is 0 Å². The standard InChI is InChI=1S/C13H11ClN2OS/c14-10-4-2-1-3-9(10)11-7-15-13(18-11)16-12(17)8-5-6-8/h1-4,7-8H,5-6H2,(H,15,16,17). The Balaban J connectivity index is 1.80. The third-order valence-electron chi connectivity index (χ3n) is 2.82. The van der Waals surface area contributed by atoms with Gasteiger partial charge in [0.05, 0.1) is 4.88 Å². The first kappa shape index (κ1) is 11.7. The Morgan fingerprint density at radius 2 is 2.17 bits per heavy atom. The van der Waals surface area contributed by atoms with Crippen molar-refractivity contribution in [2.75, 3.05) is 5.32 Å². The Hall–Kier alpha value is -1.39. The van der Waals surface area contributed by atoms with Crippen LogP contribution in [0.25, 0.3) is 10.4 Å². The van der Waals surface area contributed by atoms with Crippen LogP contribution in [0.5, 0.6) is 0 Å². The number of halogens is 1. The number of hydrogen-bond donors (Lipinski definition) is 1. The third-order valence-corrected chi connectivity index (χ3v) is 4.10. The quantitative estimate of drug-likeness (QED) is 0.927. The number of carbonyl (C=O) groups excluding carboxylic acids is 1. The predicted octanol–water partition coefficient (Wildman–Crippen LogP) is 3.81. The normalized spacial score (nSPS) is 14.5. The molecular weight excluding hydrogens is 268 g/mol. The fraction of sp³-hybridized carbons (Fsp3) is 0.231. The highest BCUT2D eigenvalue weighted by atomic mass is 35.5. The summed E-state index contributed by atoms with van der Waals surface area (Å²) in [6.07, 6.45) is 3.73. The van der Waals surface area contributed by atoms with Crippen molar-refractivity contribution in [3.8, 4) is 10.4 Å². The van der Waals surface area contributed by atoms with Crippen LogP contribution in [0.3, 0.4) is 0 Å². The van der Waals surface area contributed by atoms with E-state index in [-0.39, 0.29) is 11.8 Å². The molecule has 0 atom stereocenters. The van der Waals surface area contributed by atoms with E-state index in [4.69, 9.17) is 11.6 Å². The summed E-state index contributed by atoms with van der Waals surface area (Å²) in [7, 11) is 0. The van der Waals surface area contributed by atoms with Crippen molar-refractivity contribution >= 4 is 34.0 Å². The van der Waals surface area contributed by atoms with Crippen molar-refractivity contribution in [3.05, 3.63) is 35.5 Å². The number of rotatable bonds is 3. The van der Waals surface area contributed by atoms with E-state index in [0.29, 0.717) is 10.2 Å². The van der Waals surface area contributed by atoms with Gasteiger partial charge < -0.3 is 5.32 Å². The molecule has 0 aliphatic heterocycles. The van der Waals surface area contributed by atoms with Crippen LogP contribution >= 0.6 is 22.9 Å². The molecule has 3 nitrogen and oxygen atoms in total. The fourth-order valence-electron chi connectivity index (χ4n) is 1.67. The molecule has 1 amide bonds. The summed E-state index contributed by atoms with van der Waals surface area (Å²) in [5.74, 6) is 0.271. The van der Waals surface area contributed by atoms with Crippen molar-refractivity contribution in [3.63, 3.8) is 0 Å². The summed E-state index contributed by atoms with van der Waals surface area (Å²) in [4.78, 5) is 16.8. The molecule has 5 heteroatoms. The van der Waals surface area contributed by atoms with Crippen LogP contribution < -0.4 is 5.32 Å². The minimum Gasteiger partial charge on any atom is -0.302 e. The second kappa shape index (κ2) is 4.71. The first-order valence-electron chi connectivity index (χ1n) is 5.75. The van der Waals surface area contributed by atoms with E-state index in [9.17, 15) is 4.79 Å². The van der Waals surface area contributed by atoms with E-state index in [2.05, 4.69) is 10.3 Å². The van der Waals surface area contributed by atoms with Crippen LogP contribution in [0.2, 0.25) is 5.02 Å². The lowest BCUT2D eigenvalue weighted by Crippen LogP contribution is -2.12. The van der Waals surface area contributed by atoms with Gasteiger partial charge in [0, 0.05) is 22.7 Å². The van der Waals surface area contributed by atoms with Gasteiger partial charge in [-0.05, 0) is 18.9 Å². The van der Waals surface area contributed by atoms with Crippen LogP contribution in [-0.4, -0.2) is 10.9 Å². The minimum absolute atomic E-state index is 0.0788. The van der Waals surface area contributed by atoms with Gasteiger partial charge in [0.2, 0.25) is 5.91 Å². The van der Waals surface area contributed by atoms with Crippen LogP contribution in [-0.2, 0) is 4.79 Å². The lowest BCUT2D eigenvalue weighted by atomic mass is 10.2. The lowest BCUT2D eigenvalue weighted by Gasteiger charge is -1.99. The molecule has 2 aromatic rings. The zero-order valence-corrected chi connectivity index (χ0v) is 11.1. The number of nitrogens with zero attached hydrogens (tertiary/aromatic N) is 1. The van der Waals surface area contributed by atoms with Gasteiger partial charge in [-0.1, -0.05) is 41.1 Å². The van der Waals surface area contributed by atoms with E-state index in [1.807, 2.05) is 24.3 Å². The largest absolute Gasteiger partial charge is 0.302 e. The Bertz CT molecular complexity index is 592. The van der Waals surface area contributed by atoms with Crippen LogP contribution in [0, 0.1) is 5.92 Å². The highest BCUT2D eigenvalue weighted by Crippen LogP contribution is 2.35. The van der Waals surface area contributed by atoms with Gasteiger partial charge in [0.15, 0.2) is 5.13 Å². The molecule has 18 heavy (non-hydrogen) atoms. The van der Waals surface area contributed by atoms with Gasteiger partial charge in [0.1, 0.15) is 0 Å². The summed E-state index contributed by atoms with van der Waals surface area (Å²) >= 11 is 7.57. The van der Waals surface area contributed by atoms with Gasteiger partial charge >= 0.3 is 0 Å². The van der Waals surface area contributed by atoms with Crippen molar-refractivity contribution in [2.24, 2.45) is 5.92 Å². The molecule has 0 unspecified atom stereocenters. The average molecular weight is 279 g/mol. The van der Waals surface area contributed by atoms with E-state index in [1.165, 1.54) is 11.3 Å². The maximum absolute atomic E-state index is 11.6. The molecule has 1 aromatic carbocycles. The maximum Gasteiger partial charge on any atom is 0.229 e. The number of aromatic nitrogens is 1. The topological polar surface area (TPSA) is 42.0 Å². The summed E-state index contributed by atoms with van der Waals surface area (Å²) in [5, 5.41) is 4.18. The number of nitrogens with one attached hydrogen (secondary N) is 1. The van der Waals surface area contributed by atoms with Gasteiger partial charge in [-0.15, -0.1) is 0 Å². The number of benzene rings is 1. The molecule has 92 valence electrons. The Labute approximate surface area is 114 Å². The molecule has 1 fully saturated rings. The monoisotopic (exact) mass is 278 g/mol. The smallest absolute Gasteiger partial charge is 0.229 e. The molecule has 1 aliphatic rings. The second-order valence-electron chi connectivity index (χ2n) is 4.27. The van der Waals surface area contributed by atoms with E-state index < -0.39 is 0 Å². The minimum atomic E-state index is 0.0788. The molecule has 0 radical (unpaired) electrons. The second-order valence-corrected chi connectivity index (χ2v) is 5.71. The SMILES string of the molecule is O=C(Nc1ncc(-c2ccccc2Cl)s1)C1CC1. The molecule has 1 aliphatic carbocycles. The van der Waals surface area contributed by atoms with Crippen LogP contribution in [0.1, 0.15) is 12.8 Å². The molecule has 0 spiro atoms. The molecule has 3 rings (SSSR count). The molecule has 1 saturated carbocycles. The lowest BCUT2D eigenvalue weighted by molar-refractivity contribution is -0.117. The van der Waals surface area contributed by atoms with E-state index in [0.717, 1.165) is 23.3 Å². The highest BCUT2D eigenvalue weighted by Gasteiger charge is 2.30. The predicted molar refractivity (Wildman–Crippen MR) is 73.9 cm³/mol. The Kier molecular flexibility index (Phi) is 3.06. The zero-order valence-electron chi connectivity index (χ0n) is 9.52. The molecule has 0 bridgehead atoms. The number of amides is 1. The molecule has 1 N–H and O–H groups in total. The highest BCUT2D eigenvalue weighted by molar-refractivity contribution is 7.19. The average Bonchev–Trinajstić information content (AvgIpc) is 3.12. The Morgan fingerprint density at radius 3 is 2.89 bits per heavy atom. The Morgan fingerprint density at radius 1 is 1.39 bits per heavy atom. The number of hydrogen-bond acceptors (Lipinski definition) is 3. The summed E-state index contributed by atoms with van der Waals surface area (Å²) in [6, 6.07) is 7.62. The van der Waals surface area contributed by atoms with Crippen molar-refractivity contribution in [1.82, 2.24) is 4.98 Å². The van der Waals surface area contributed by atoms with Gasteiger partial charge in [-0.25, -0.2) is 4.98 Å². The molecule has 1 heterocycles. The zero-order chi connectivity index (χ0) is 12.5. The van der Waals surface area contributed by atoms with Gasteiger partial charge in [-0.2, -0.15) is 0 Å². The molecular formula is C13H11ClN2OS. The number of anilines is 1. The van der Waals surface area contributed by atoms with E-state index in [1.54, 1.807) is 6.20 Å². The van der Waals surface area contributed by atoms with Gasteiger partial charge in [0.25, 0.3) is 0 Å². The van der Waals surface area contributed by atoms with Crippen molar-refractivity contribution in [2.45, 2.75) is 12.8 Å².